The van der Waals surface area contributed by atoms with E-state index in [9.17, 15) is 29.2 Å². The molecule has 320 valence electrons. The molecule has 14 heteroatoms. The molecule has 2 saturated carbocycles. The summed E-state index contributed by atoms with van der Waals surface area (Å²) in [6, 6.07) is 13.2. The molecule has 5 heterocycles. The summed E-state index contributed by atoms with van der Waals surface area (Å²) >= 11 is 0. The lowest BCUT2D eigenvalue weighted by Gasteiger charge is -2.65. The topological polar surface area (TPSA) is 156 Å². The number of anilines is 1. The van der Waals surface area contributed by atoms with Crippen LogP contribution >= 0.6 is 0 Å². The van der Waals surface area contributed by atoms with Gasteiger partial charge in [0.25, 0.3) is 17.7 Å². The van der Waals surface area contributed by atoms with E-state index in [0.717, 1.165) is 61.0 Å². The van der Waals surface area contributed by atoms with E-state index in [0.29, 0.717) is 48.2 Å². The molecular formula is C48H50FN7O6. The van der Waals surface area contributed by atoms with E-state index >= 15 is 4.39 Å². The number of benzene rings is 2. The Labute approximate surface area is 360 Å². The number of carbonyl (C=O) groups excluding carboxylic acids is 5. The average molecular weight is 840 g/mol. The number of ether oxygens (including phenoxy) is 1. The fourth-order valence-electron chi connectivity index (χ4n) is 11.5. The molecule has 4 fully saturated rings. The van der Waals surface area contributed by atoms with Gasteiger partial charge in [0.15, 0.2) is 0 Å². The van der Waals surface area contributed by atoms with Crippen LogP contribution in [-0.4, -0.2) is 99.6 Å². The summed E-state index contributed by atoms with van der Waals surface area (Å²) in [5, 5.41) is 11.5. The lowest BCUT2D eigenvalue weighted by molar-refractivity contribution is -0.199. The van der Waals surface area contributed by atoms with Gasteiger partial charge in [0, 0.05) is 61.4 Å². The summed E-state index contributed by atoms with van der Waals surface area (Å²) in [5.74, 6) is 4.59. The molecule has 13 nitrogen and oxygen atoms in total. The Balaban J connectivity index is 0.778. The van der Waals surface area contributed by atoms with Gasteiger partial charge in [0.05, 0.1) is 46.2 Å². The Bertz CT molecular complexity index is 2520. The van der Waals surface area contributed by atoms with Gasteiger partial charge in [-0.2, -0.15) is 5.26 Å². The molecule has 9 rings (SSSR count). The van der Waals surface area contributed by atoms with E-state index in [2.05, 4.69) is 55.8 Å². The Morgan fingerprint density at radius 2 is 1.53 bits per heavy atom. The SMILES string of the molecule is Cc1cc(OC2C(C)(C)C(N3Cc4nc(C#CC5CCC(N6CCN(c7cc8c(cc7F)C(=O)N(C7CCC(=O)NC7=O)C8=O)CC6)CC5)ccc4C3=O)C2(C)C)ccc1C#N. The molecule has 4 aliphatic heterocycles. The van der Waals surface area contributed by atoms with Gasteiger partial charge in [-0.1, -0.05) is 33.6 Å². The summed E-state index contributed by atoms with van der Waals surface area (Å²) in [6.07, 6.45) is 3.78. The van der Waals surface area contributed by atoms with Crippen molar-refractivity contribution >= 4 is 35.2 Å². The van der Waals surface area contributed by atoms with Crippen molar-refractivity contribution in [3.05, 3.63) is 87.5 Å². The van der Waals surface area contributed by atoms with Crippen LogP contribution < -0.4 is 15.0 Å². The number of pyridine rings is 1. The summed E-state index contributed by atoms with van der Waals surface area (Å²) < 4.78 is 22.1. The van der Waals surface area contributed by atoms with Crippen LogP contribution in [0.3, 0.4) is 0 Å². The minimum absolute atomic E-state index is 0.0140. The van der Waals surface area contributed by atoms with Crippen LogP contribution in [0.5, 0.6) is 5.75 Å². The summed E-state index contributed by atoms with van der Waals surface area (Å²) in [5.41, 5.74) is 3.10. The fourth-order valence-corrected chi connectivity index (χ4v) is 11.5. The second kappa shape index (κ2) is 15.3. The molecule has 1 atom stereocenters. The molecule has 62 heavy (non-hydrogen) atoms. The minimum atomic E-state index is -1.10. The molecule has 3 aromatic rings. The van der Waals surface area contributed by atoms with E-state index < -0.39 is 35.5 Å². The van der Waals surface area contributed by atoms with Crippen molar-refractivity contribution in [3.63, 3.8) is 0 Å². The number of carbonyl (C=O) groups is 5. The molecule has 0 spiro atoms. The number of hydrogen-bond donors (Lipinski definition) is 1. The predicted octanol–water partition coefficient (Wildman–Crippen LogP) is 5.37. The molecule has 6 aliphatic rings. The highest BCUT2D eigenvalue weighted by Gasteiger charge is 2.67. The maximum absolute atomic E-state index is 15.5. The highest BCUT2D eigenvalue weighted by molar-refractivity contribution is 6.23. The number of piperazine rings is 1. The van der Waals surface area contributed by atoms with Crippen LogP contribution in [0.25, 0.3) is 0 Å². The molecule has 0 bridgehead atoms. The number of nitriles is 1. The molecule has 0 radical (unpaired) electrons. The zero-order valence-corrected chi connectivity index (χ0v) is 35.7. The largest absolute Gasteiger partial charge is 0.489 e. The highest BCUT2D eigenvalue weighted by atomic mass is 19.1. The lowest BCUT2D eigenvalue weighted by Crippen LogP contribution is -2.74. The number of piperidine rings is 1. The van der Waals surface area contributed by atoms with Gasteiger partial charge >= 0.3 is 0 Å². The zero-order chi connectivity index (χ0) is 43.8. The van der Waals surface area contributed by atoms with Gasteiger partial charge in [0.1, 0.15) is 29.4 Å². The summed E-state index contributed by atoms with van der Waals surface area (Å²) in [4.78, 5) is 76.5. The minimum Gasteiger partial charge on any atom is -0.489 e. The monoisotopic (exact) mass is 839 g/mol. The van der Waals surface area contributed by atoms with Crippen LogP contribution in [0.1, 0.15) is 120 Å². The molecule has 1 N–H and O–H groups in total. The quantitative estimate of drug-likeness (QED) is 0.253. The second-order valence-electron chi connectivity index (χ2n) is 18.8. The van der Waals surface area contributed by atoms with Crippen LogP contribution in [0.2, 0.25) is 0 Å². The van der Waals surface area contributed by atoms with E-state index in [4.69, 9.17) is 9.72 Å². The van der Waals surface area contributed by atoms with E-state index in [1.807, 2.05) is 41.0 Å². The molecule has 2 saturated heterocycles. The van der Waals surface area contributed by atoms with Gasteiger partial charge in [-0.3, -0.25) is 39.1 Å². The molecular weight excluding hydrogens is 790 g/mol. The Kier molecular flexibility index (Phi) is 10.2. The van der Waals surface area contributed by atoms with Crippen LogP contribution in [-0.2, 0) is 16.1 Å². The van der Waals surface area contributed by atoms with Crippen molar-refractivity contribution in [2.75, 3.05) is 31.1 Å². The predicted molar refractivity (Wildman–Crippen MR) is 225 cm³/mol. The Morgan fingerprint density at radius 1 is 0.839 bits per heavy atom. The number of halogens is 1. The van der Waals surface area contributed by atoms with Crippen molar-refractivity contribution in [1.29, 1.82) is 5.26 Å². The molecule has 2 aromatic carbocycles. The normalized spacial score (nSPS) is 26.6. The maximum atomic E-state index is 15.5. The fraction of sp³-hybridized carbons (Fsp3) is 0.479. The molecule has 2 aliphatic carbocycles. The third kappa shape index (κ3) is 6.89. The van der Waals surface area contributed by atoms with E-state index in [1.165, 1.54) is 6.07 Å². The Hall–Kier alpha value is -6.12. The number of nitrogens with one attached hydrogen (secondary N) is 1. The van der Waals surface area contributed by atoms with Gasteiger partial charge < -0.3 is 14.5 Å². The van der Waals surface area contributed by atoms with E-state index in [1.54, 1.807) is 6.07 Å². The molecule has 1 aromatic heterocycles. The number of aryl methyl sites for hydroxylation is 1. The maximum Gasteiger partial charge on any atom is 0.262 e. The first-order valence-electron chi connectivity index (χ1n) is 21.6. The van der Waals surface area contributed by atoms with Gasteiger partial charge in [0.2, 0.25) is 11.8 Å². The number of fused-ring (bicyclic) bond motifs is 2. The van der Waals surface area contributed by atoms with Crippen molar-refractivity contribution in [1.82, 2.24) is 25.0 Å². The summed E-state index contributed by atoms with van der Waals surface area (Å²) in [6.45, 7) is 13.5. The third-order valence-electron chi connectivity index (χ3n) is 14.2. The van der Waals surface area contributed by atoms with Crippen LogP contribution in [0.4, 0.5) is 10.1 Å². The number of aromatic nitrogens is 1. The Morgan fingerprint density at radius 3 is 2.19 bits per heavy atom. The number of amides is 5. The van der Waals surface area contributed by atoms with Crippen LogP contribution in [0.15, 0.2) is 42.5 Å². The highest BCUT2D eigenvalue weighted by Crippen LogP contribution is 2.59. The molecule has 1 unspecified atom stereocenters. The first kappa shape index (κ1) is 41.2. The lowest BCUT2D eigenvalue weighted by atomic mass is 9.49. The second-order valence-corrected chi connectivity index (χ2v) is 18.8. The van der Waals surface area contributed by atoms with Crippen LogP contribution in [0, 0.1) is 52.7 Å². The standard InChI is InChI=1S/C48H50FN7O6/c1-27-22-32(14-9-29(27)25-50)62-46-47(2,3)45(48(46,4)5)55-26-37-33(42(55)59)15-11-30(51-37)10-6-28-7-12-31(13-8-28)53-18-20-54(21-19-53)39-24-35-34(23-36(39)49)43(60)56(44(35)61)38-16-17-40(57)52-41(38)58/h9,11,14-15,22-24,28,31,38,45-46H,7-8,12-13,16-21,26H2,1-5H3,(H,52,57,58). The smallest absolute Gasteiger partial charge is 0.262 e. The van der Waals surface area contributed by atoms with Gasteiger partial charge in [-0.15, -0.1) is 0 Å². The first-order chi connectivity index (χ1) is 29.6. The number of imide groups is 2. The summed E-state index contributed by atoms with van der Waals surface area (Å²) in [7, 11) is 0. The number of hydrogen-bond acceptors (Lipinski definition) is 10. The average Bonchev–Trinajstić information content (AvgIpc) is 3.68. The van der Waals surface area contributed by atoms with Gasteiger partial charge in [-0.05, 0) is 93.0 Å². The number of rotatable bonds is 6. The zero-order valence-electron chi connectivity index (χ0n) is 35.7. The van der Waals surface area contributed by atoms with Crippen molar-refractivity contribution in [2.24, 2.45) is 16.7 Å². The van der Waals surface area contributed by atoms with Crippen molar-refractivity contribution in [3.8, 4) is 23.7 Å². The first-order valence-corrected chi connectivity index (χ1v) is 21.6. The van der Waals surface area contributed by atoms with E-state index in [-0.39, 0.29) is 64.5 Å². The van der Waals surface area contributed by atoms with Crippen molar-refractivity contribution in [2.45, 2.75) is 104 Å². The number of nitrogens with zero attached hydrogens (tertiary/aromatic N) is 6. The third-order valence-corrected chi connectivity index (χ3v) is 14.2. The molecule has 5 amide bonds. The van der Waals surface area contributed by atoms with Gasteiger partial charge in [-0.25, -0.2) is 9.37 Å². The van der Waals surface area contributed by atoms with Crippen molar-refractivity contribution < 1.29 is 33.1 Å².